The number of hydrogen-bond donors (Lipinski definition) is 1. The van der Waals surface area contributed by atoms with E-state index in [1.807, 2.05) is 74.2 Å². The molecule has 0 saturated heterocycles. The lowest BCUT2D eigenvalue weighted by Gasteiger charge is -2.40. The summed E-state index contributed by atoms with van der Waals surface area (Å²) in [5.41, 5.74) is 3.54. The molecule has 0 aromatic heterocycles. The Morgan fingerprint density at radius 2 is 2.00 bits per heavy atom. The lowest BCUT2D eigenvalue weighted by Crippen LogP contribution is -2.46. The normalized spacial score (nSPS) is 16.4. The zero-order valence-corrected chi connectivity index (χ0v) is 15.0. The lowest BCUT2D eigenvalue weighted by molar-refractivity contribution is 0.0616. The van der Waals surface area contributed by atoms with Crippen molar-refractivity contribution < 1.29 is 9.53 Å². The molecule has 0 spiro atoms. The molecule has 1 aliphatic rings. The molecule has 1 atom stereocenters. The van der Waals surface area contributed by atoms with Crippen molar-refractivity contribution in [3.05, 3.63) is 71.8 Å². The van der Waals surface area contributed by atoms with E-state index in [0.717, 1.165) is 22.6 Å². The molecule has 2 aromatic carbocycles. The number of carbonyl (C=O) groups excluding carboxylic acids is 1. The molecule has 1 N–H and O–H groups in total. The summed E-state index contributed by atoms with van der Waals surface area (Å²) in [6.45, 7) is 10.3. The van der Waals surface area contributed by atoms with Crippen molar-refractivity contribution >= 4 is 11.6 Å². The highest BCUT2D eigenvalue weighted by Crippen LogP contribution is 2.35. The van der Waals surface area contributed by atoms with E-state index in [-0.39, 0.29) is 18.1 Å². The molecule has 1 unspecified atom stereocenters. The fraction of sp³-hybridized carbons (Fsp3) is 0.286. The van der Waals surface area contributed by atoms with E-state index in [1.54, 1.807) is 0 Å². The number of benzene rings is 2. The minimum Gasteiger partial charge on any atom is -0.489 e. The fourth-order valence-corrected chi connectivity index (χ4v) is 3.03. The fourth-order valence-electron chi connectivity index (χ4n) is 3.03. The summed E-state index contributed by atoms with van der Waals surface area (Å²) in [7, 11) is 0. The van der Waals surface area contributed by atoms with E-state index < -0.39 is 0 Å². The van der Waals surface area contributed by atoms with Gasteiger partial charge >= 0.3 is 0 Å². The maximum absolute atomic E-state index is 13.0. The molecule has 0 fully saturated rings. The molecule has 0 saturated carbocycles. The first-order valence-electron chi connectivity index (χ1n) is 8.52. The number of nitrogens with one attached hydrogen (secondary N) is 1. The smallest absolute Gasteiger partial charge is 0.258 e. The van der Waals surface area contributed by atoms with Gasteiger partial charge in [0.25, 0.3) is 5.91 Å². The lowest BCUT2D eigenvalue weighted by atomic mass is 10.0. The third-order valence-corrected chi connectivity index (χ3v) is 4.18. The van der Waals surface area contributed by atoms with Crippen LogP contribution >= 0.6 is 0 Å². The molecule has 4 nitrogen and oxygen atoms in total. The summed E-state index contributed by atoms with van der Waals surface area (Å²) >= 11 is 0. The Hall–Kier alpha value is -2.75. The van der Waals surface area contributed by atoms with Crippen molar-refractivity contribution in [2.45, 2.75) is 33.0 Å². The summed E-state index contributed by atoms with van der Waals surface area (Å²) < 4.78 is 5.76. The van der Waals surface area contributed by atoms with Crippen molar-refractivity contribution in [3.8, 4) is 5.75 Å². The van der Waals surface area contributed by atoms with Crippen molar-refractivity contribution in [1.82, 2.24) is 4.90 Å². The van der Waals surface area contributed by atoms with Crippen LogP contribution < -0.4 is 10.1 Å². The number of rotatable bonds is 5. The van der Waals surface area contributed by atoms with Gasteiger partial charge in [-0.2, -0.15) is 0 Å². The Morgan fingerprint density at radius 1 is 1.24 bits per heavy atom. The first-order valence-corrected chi connectivity index (χ1v) is 8.52. The van der Waals surface area contributed by atoms with Crippen molar-refractivity contribution in [1.29, 1.82) is 0 Å². The zero-order valence-electron chi connectivity index (χ0n) is 15.0. The second-order valence-electron chi connectivity index (χ2n) is 6.72. The second-order valence-corrected chi connectivity index (χ2v) is 6.72. The number of anilines is 1. The second kappa shape index (κ2) is 7.01. The number of para-hydroxylation sites is 1. The monoisotopic (exact) mass is 336 g/mol. The van der Waals surface area contributed by atoms with E-state index in [4.69, 9.17) is 4.74 Å². The minimum absolute atomic E-state index is 0.0441. The van der Waals surface area contributed by atoms with Gasteiger partial charge in [0.05, 0.1) is 5.56 Å². The van der Waals surface area contributed by atoms with Crippen LogP contribution in [0.4, 0.5) is 5.69 Å². The molecule has 25 heavy (non-hydrogen) atoms. The number of nitrogens with zero attached hydrogens (tertiary/aromatic N) is 1. The van der Waals surface area contributed by atoms with E-state index in [0.29, 0.717) is 12.2 Å². The Morgan fingerprint density at radius 3 is 2.72 bits per heavy atom. The quantitative estimate of drug-likeness (QED) is 0.810. The van der Waals surface area contributed by atoms with Crippen LogP contribution in [0.25, 0.3) is 0 Å². The molecule has 0 aliphatic carbocycles. The van der Waals surface area contributed by atoms with Gasteiger partial charge in [-0.15, -0.1) is 0 Å². The van der Waals surface area contributed by atoms with Gasteiger partial charge in [-0.25, -0.2) is 0 Å². The van der Waals surface area contributed by atoms with Crippen LogP contribution in [0.15, 0.2) is 60.7 Å². The average molecular weight is 336 g/mol. The van der Waals surface area contributed by atoms with Crippen LogP contribution in [0.3, 0.4) is 0 Å². The Bertz CT molecular complexity index is 798. The van der Waals surface area contributed by atoms with Gasteiger partial charge in [0.2, 0.25) is 0 Å². The van der Waals surface area contributed by atoms with Crippen LogP contribution in [0.5, 0.6) is 5.75 Å². The van der Waals surface area contributed by atoms with Gasteiger partial charge in [0.1, 0.15) is 18.5 Å². The summed E-state index contributed by atoms with van der Waals surface area (Å²) in [5.74, 6) is 0.819. The summed E-state index contributed by atoms with van der Waals surface area (Å²) in [5, 5.41) is 3.50. The Balaban J connectivity index is 1.96. The van der Waals surface area contributed by atoms with Gasteiger partial charge in [0.15, 0.2) is 0 Å². The van der Waals surface area contributed by atoms with Gasteiger partial charge < -0.3 is 15.0 Å². The van der Waals surface area contributed by atoms with Gasteiger partial charge in [-0.1, -0.05) is 30.8 Å². The third-order valence-electron chi connectivity index (χ3n) is 4.18. The van der Waals surface area contributed by atoms with Crippen molar-refractivity contribution in [2.24, 2.45) is 0 Å². The van der Waals surface area contributed by atoms with Crippen LogP contribution in [0, 0.1) is 0 Å². The van der Waals surface area contributed by atoms with E-state index >= 15 is 0 Å². The largest absolute Gasteiger partial charge is 0.489 e. The Kier molecular flexibility index (Phi) is 4.79. The van der Waals surface area contributed by atoms with Crippen LogP contribution in [0.2, 0.25) is 0 Å². The molecule has 0 radical (unpaired) electrons. The number of carbonyl (C=O) groups is 1. The first kappa shape index (κ1) is 17.1. The predicted octanol–water partition coefficient (Wildman–Crippen LogP) is 4.62. The van der Waals surface area contributed by atoms with Crippen LogP contribution in [-0.2, 0) is 0 Å². The number of fused-ring (bicyclic) bond motifs is 1. The average Bonchev–Trinajstić information content (AvgIpc) is 2.59. The molecule has 130 valence electrons. The highest BCUT2D eigenvalue weighted by molar-refractivity contribution is 6.01. The third kappa shape index (κ3) is 3.53. The van der Waals surface area contributed by atoms with E-state index in [2.05, 4.69) is 11.9 Å². The van der Waals surface area contributed by atoms with Gasteiger partial charge in [0, 0.05) is 11.7 Å². The first-order chi connectivity index (χ1) is 12.0. The van der Waals surface area contributed by atoms with Crippen LogP contribution in [0.1, 0.15) is 42.9 Å². The van der Waals surface area contributed by atoms with Crippen LogP contribution in [-0.4, -0.2) is 23.5 Å². The highest BCUT2D eigenvalue weighted by atomic mass is 16.5. The SMILES string of the molecule is C=C(C)COc1cccc(C2Nc3ccccc3C(=O)N2C(C)C)c1. The molecule has 4 heteroatoms. The highest BCUT2D eigenvalue weighted by Gasteiger charge is 2.34. The number of hydrogen-bond acceptors (Lipinski definition) is 3. The molecule has 1 aliphatic heterocycles. The summed E-state index contributed by atoms with van der Waals surface area (Å²) in [4.78, 5) is 14.9. The molecule has 1 amide bonds. The summed E-state index contributed by atoms with van der Waals surface area (Å²) in [6, 6.07) is 15.6. The molecule has 3 rings (SSSR count). The Labute approximate surface area is 149 Å². The maximum Gasteiger partial charge on any atom is 0.258 e. The number of amides is 1. The van der Waals surface area contributed by atoms with E-state index in [9.17, 15) is 4.79 Å². The molecular weight excluding hydrogens is 312 g/mol. The maximum atomic E-state index is 13.0. The molecule has 0 bridgehead atoms. The molecular formula is C21H24N2O2. The van der Waals surface area contributed by atoms with Gasteiger partial charge in [-0.05, 0) is 56.2 Å². The van der Waals surface area contributed by atoms with Crippen molar-refractivity contribution in [3.63, 3.8) is 0 Å². The standard InChI is InChI=1S/C21H24N2O2/c1-14(2)13-25-17-9-7-8-16(12-17)20-22-19-11-6-5-10-18(19)21(24)23(20)15(3)4/h5-12,15,20,22H,1,13H2,2-4H3. The summed E-state index contributed by atoms with van der Waals surface area (Å²) in [6.07, 6.45) is -0.226. The zero-order chi connectivity index (χ0) is 18.0. The van der Waals surface area contributed by atoms with E-state index in [1.165, 1.54) is 0 Å². The topological polar surface area (TPSA) is 41.6 Å². The molecule has 1 heterocycles. The molecule has 2 aromatic rings. The minimum atomic E-state index is -0.226. The van der Waals surface area contributed by atoms with Gasteiger partial charge in [-0.3, -0.25) is 4.79 Å². The van der Waals surface area contributed by atoms with Crippen molar-refractivity contribution in [2.75, 3.05) is 11.9 Å². The predicted molar refractivity (Wildman–Crippen MR) is 101 cm³/mol. The number of ether oxygens (including phenoxy) is 1.